The van der Waals surface area contributed by atoms with E-state index in [0.29, 0.717) is 47.7 Å². The summed E-state index contributed by atoms with van der Waals surface area (Å²) in [6.07, 6.45) is -0.386. The number of carbonyl (C=O) groups is 3. The summed E-state index contributed by atoms with van der Waals surface area (Å²) in [4.78, 5) is 41.9. The van der Waals surface area contributed by atoms with Crippen molar-refractivity contribution in [2.24, 2.45) is 0 Å². The van der Waals surface area contributed by atoms with E-state index < -0.39 is 17.9 Å². The second-order valence-electron chi connectivity index (χ2n) is 6.74. The Morgan fingerprint density at radius 3 is 2.65 bits per heavy atom. The summed E-state index contributed by atoms with van der Waals surface area (Å²) in [6, 6.07) is 3.64. The van der Waals surface area contributed by atoms with Gasteiger partial charge in [-0.3, -0.25) is 14.9 Å². The molecule has 2 aromatic rings. The number of nitrogens with zero attached hydrogens (tertiary/aromatic N) is 2. The fourth-order valence-electron chi connectivity index (χ4n) is 2.95. The van der Waals surface area contributed by atoms with Crippen LogP contribution in [0.4, 0.5) is 9.93 Å². The predicted molar refractivity (Wildman–Crippen MR) is 117 cm³/mol. The third kappa shape index (κ3) is 6.79. The van der Waals surface area contributed by atoms with Gasteiger partial charge >= 0.3 is 12.0 Å². The molecule has 0 bridgehead atoms. The van der Waals surface area contributed by atoms with Crippen LogP contribution in [0, 0.1) is 0 Å². The highest BCUT2D eigenvalue weighted by atomic mass is 35.5. The van der Waals surface area contributed by atoms with Gasteiger partial charge in [-0.05, 0) is 17.7 Å². The first-order valence-corrected chi connectivity index (χ1v) is 11.0. The second kappa shape index (κ2) is 10.8. The van der Waals surface area contributed by atoms with Crippen molar-refractivity contribution < 1.29 is 24.2 Å². The van der Waals surface area contributed by atoms with Crippen molar-refractivity contribution in [2.45, 2.75) is 18.9 Å². The van der Waals surface area contributed by atoms with Crippen molar-refractivity contribution in [3.8, 4) is 0 Å². The van der Waals surface area contributed by atoms with Gasteiger partial charge in [0.1, 0.15) is 0 Å². The topological polar surface area (TPSA) is 121 Å². The number of morpholine rings is 1. The second-order valence-corrected chi connectivity index (χ2v) is 8.41. The van der Waals surface area contributed by atoms with Crippen LogP contribution in [0.5, 0.6) is 0 Å². The lowest BCUT2D eigenvalue weighted by molar-refractivity contribution is -0.137. The van der Waals surface area contributed by atoms with E-state index in [9.17, 15) is 19.5 Å². The first-order valence-electron chi connectivity index (χ1n) is 9.36. The summed E-state index contributed by atoms with van der Waals surface area (Å²) in [5.41, 5.74) is 0.991. The number of hydrogen-bond donors (Lipinski definition) is 3. The molecule has 0 spiro atoms. The average molecular weight is 487 g/mol. The third-order valence-electron chi connectivity index (χ3n) is 4.47. The van der Waals surface area contributed by atoms with E-state index in [0.717, 1.165) is 0 Å². The molecule has 166 valence electrons. The van der Waals surface area contributed by atoms with Crippen molar-refractivity contribution >= 4 is 57.6 Å². The molecule has 1 aromatic heterocycles. The van der Waals surface area contributed by atoms with Crippen molar-refractivity contribution in [1.82, 2.24) is 15.2 Å². The zero-order chi connectivity index (χ0) is 22.4. The van der Waals surface area contributed by atoms with Gasteiger partial charge in [-0.25, -0.2) is 9.78 Å². The fourth-order valence-corrected chi connectivity index (χ4v) is 3.95. The number of carbonyl (C=O) groups excluding carboxylic acids is 2. The highest BCUT2D eigenvalue weighted by molar-refractivity contribution is 7.13. The van der Waals surface area contributed by atoms with E-state index in [-0.39, 0.29) is 23.9 Å². The number of amides is 3. The molecule has 1 aliphatic rings. The number of aliphatic carboxylic acids is 1. The van der Waals surface area contributed by atoms with E-state index in [2.05, 4.69) is 15.6 Å². The molecule has 0 aliphatic carbocycles. The average Bonchev–Trinajstić information content (AvgIpc) is 3.16. The van der Waals surface area contributed by atoms with Crippen molar-refractivity contribution in [3.05, 3.63) is 44.9 Å². The van der Waals surface area contributed by atoms with E-state index >= 15 is 0 Å². The molecule has 1 aromatic carbocycles. The number of carboxylic acid groups (broad SMARTS) is 1. The van der Waals surface area contributed by atoms with Gasteiger partial charge in [0.2, 0.25) is 5.91 Å². The number of carboxylic acids is 1. The number of anilines is 1. The van der Waals surface area contributed by atoms with Crippen LogP contribution in [0.3, 0.4) is 0 Å². The van der Waals surface area contributed by atoms with E-state index in [4.69, 9.17) is 27.9 Å². The van der Waals surface area contributed by atoms with Crippen LogP contribution in [0.1, 0.15) is 23.7 Å². The van der Waals surface area contributed by atoms with E-state index in [1.165, 1.54) is 17.4 Å². The molecule has 12 heteroatoms. The zero-order valence-electron chi connectivity index (χ0n) is 16.3. The third-order valence-corrected chi connectivity index (χ3v) is 6.01. The molecule has 9 nitrogen and oxygen atoms in total. The van der Waals surface area contributed by atoms with Gasteiger partial charge in [0.05, 0.1) is 47.8 Å². The Bertz CT molecular complexity index is 965. The maximum Gasteiger partial charge on any atom is 0.323 e. The smallest absolute Gasteiger partial charge is 0.323 e. The molecule has 3 N–H and O–H groups in total. The van der Waals surface area contributed by atoms with Crippen LogP contribution in [0.25, 0.3) is 0 Å². The molecule has 1 aliphatic heterocycles. The van der Waals surface area contributed by atoms with Gasteiger partial charge in [-0.2, -0.15) is 0 Å². The highest BCUT2D eigenvalue weighted by Crippen LogP contribution is 2.27. The van der Waals surface area contributed by atoms with Gasteiger partial charge in [0, 0.05) is 18.5 Å². The Hall–Kier alpha value is -2.40. The molecule has 0 radical (unpaired) electrons. The molecule has 3 rings (SSSR count). The van der Waals surface area contributed by atoms with Crippen LogP contribution >= 0.6 is 34.5 Å². The highest BCUT2D eigenvalue weighted by Gasteiger charge is 2.21. The normalized spacial score (nSPS) is 14.7. The molecule has 1 saturated heterocycles. The Balaban J connectivity index is 1.59. The monoisotopic (exact) mass is 486 g/mol. The molecule has 3 amide bonds. The molecule has 31 heavy (non-hydrogen) atoms. The van der Waals surface area contributed by atoms with E-state index in [1.807, 2.05) is 0 Å². The maximum absolute atomic E-state index is 12.5. The lowest BCUT2D eigenvalue weighted by Crippen LogP contribution is -2.43. The molecule has 1 atom stereocenters. The summed E-state index contributed by atoms with van der Waals surface area (Å²) in [5, 5.41) is 17.2. The Morgan fingerprint density at radius 1 is 1.23 bits per heavy atom. The van der Waals surface area contributed by atoms with Gasteiger partial charge in [0.15, 0.2) is 5.13 Å². The van der Waals surface area contributed by atoms with Gasteiger partial charge in [-0.15, -0.1) is 11.3 Å². The number of rotatable bonds is 7. The standard InChI is InChI=1S/C19H20Cl2N4O5S/c20-13-2-1-11(7-14(13)21)15(9-17(27)28)23-16(26)8-12-10-31-18(22-12)24-19(29)25-3-5-30-6-4-25/h1-2,7,10,15H,3-6,8-9H2,(H,23,26)(H,27,28)(H,22,24,29). The summed E-state index contributed by atoms with van der Waals surface area (Å²) >= 11 is 13.1. The Kier molecular flexibility index (Phi) is 8.08. The summed E-state index contributed by atoms with van der Waals surface area (Å²) < 4.78 is 5.22. The number of halogens is 2. The summed E-state index contributed by atoms with van der Waals surface area (Å²) in [7, 11) is 0. The summed E-state index contributed by atoms with van der Waals surface area (Å²) in [5.74, 6) is -1.48. The molecule has 2 heterocycles. The molecular formula is C19H20Cl2N4O5S. The number of urea groups is 1. The quantitative estimate of drug-likeness (QED) is 0.552. The van der Waals surface area contributed by atoms with Gasteiger partial charge in [-0.1, -0.05) is 29.3 Å². The minimum atomic E-state index is -1.07. The van der Waals surface area contributed by atoms with Crippen LogP contribution in [-0.2, 0) is 20.7 Å². The molecule has 1 unspecified atom stereocenters. The number of nitrogens with one attached hydrogen (secondary N) is 2. The lowest BCUT2D eigenvalue weighted by atomic mass is 10.0. The number of hydrogen-bond acceptors (Lipinski definition) is 6. The number of thiazole rings is 1. The Labute approximate surface area is 192 Å². The predicted octanol–water partition coefficient (Wildman–Crippen LogP) is 3.19. The van der Waals surface area contributed by atoms with Gasteiger partial charge < -0.3 is 20.1 Å². The zero-order valence-corrected chi connectivity index (χ0v) is 18.6. The van der Waals surface area contributed by atoms with Gasteiger partial charge in [0.25, 0.3) is 0 Å². The van der Waals surface area contributed by atoms with Crippen LogP contribution in [0.15, 0.2) is 23.6 Å². The first kappa shape index (κ1) is 23.3. The van der Waals surface area contributed by atoms with Crippen molar-refractivity contribution in [3.63, 3.8) is 0 Å². The number of aromatic nitrogens is 1. The summed E-state index contributed by atoms with van der Waals surface area (Å²) in [6.45, 7) is 2.00. The van der Waals surface area contributed by atoms with Crippen LogP contribution < -0.4 is 10.6 Å². The molecular weight excluding hydrogens is 467 g/mol. The van der Waals surface area contributed by atoms with Crippen molar-refractivity contribution in [2.75, 3.05) is 31.6 Å². The SMILES string of the molecule is O=C(O)CC(NC(=O)Cc1csc(NC(=O)N2CCOCC2)n1)c1ccc(Cl)c(Cl)c1. The first-order chi connectivity index (χ1) is 14.8. The molecule has 0 saturated carbocycles. The fraction of sp³-hybridized carbons (Fsp3) is 0.368. The molecule has 1 fully saturated rings. The van der Waals surface area contributed by atoms with Crippen LogP contribution in [-0.4, -0.2) is 59.2 Å². The van der Waals surface area contributed by atoms with Crippen molar-refractivity contribution in [1.29, 1.82) is 0 Å². The lowest BCUT2D eigenvalue weighted by Gasteiger charge is -2.26. The maximum atomic E-state index is 12.5. The van der Waals surface area contributed by atoms with Crippen LogP contribution in [0.2, 0.25) is 10.0 Å². The minimum absolute atomic E-state index is 0.0681. The number of benzene rings is 1. The Morgan fingerprint density at radius 2 is 1.97 bits per heavy atom. The largest absolute Gasteiger partial charge is 0.481 e. The number of ether oxygens (including phenoxy) is 1. The van der Waals surface area contributed by atoms with E-state index in [1.54, 1.807) is 22.4 Å². The minimum Gasteiger partial charge on any atom is -0.481 e.